The van der Waals surface area contributed by atoms with Gasteiger partial charge in [0.05, 0.1) is 4.90 Å². The van der Waals surface area contributed by atoms with Crippen LogP contribution in [0.25, 0.3) is 6.08 Å². The maximum Gasteiger partial charge on any atom is 0.246 e. The van der Waals surface area contributed by atoms with E-state index in [4.69, 9.17) is 11.6 Å². The molecule has 7 heteroatoms. The minimum atomic E-state index is -3.51. The van der Waals surface area contributed by atoms with Crippen molar-refractivity contribution in [2.45, 2.75) is 11.8 Å². The Morgan fingerprint density at radius 3 is 2.33 bits per heavy atom. The second-order valence-electron chi connectivity index (χ2n) is 6.38. The number of nitrogens with zero attached hydrogens (tertiary/aromatic N) is 2. The number of halogens is 1. The summed E-state index contributed by atoms with van der Waals surface area (Å²) >= 11 is 6.10. The monoisotopic (exact) mass is 404 g/mol. The number of hydrogen-bond acceptors (Lipinski definition) is 3. The summed E-state index contributed by atoms with van der Waals surface area (Å²) in [4.78, 5) is 14.3. The van der Waals surface area contributed by atoms with Gasteiger partial charge in [0.15, 0.2) is 0 Å². The fourth-order valence-electron chi connectivity index (χ4n) is 2.88. The van der Waals surface area contributed by atoms with E-state index in [9.17, 15) is 13.2 Å². The van der Waals surface area contributed by atoms with E-state index in [1.54, 1.807) is 41.3 Å². The van der Waals surface area contributed by atoms with Gasteiger partial charge in [-0.3, -0.25) is 4.79 Å². The SMILES string of the molecule is Cc1ccc(/C=C/C(=O)N2CCN(S(=O)(=O)c3ccccc3)CC2)cc1Cl. The van der Waals surface area contributed by atoms with Gasteiger partial charge in [0.1, 0.15) is 0 Å². The molecular weight excluding hydrogens is 384 g/mol. The highest BCUT2D eigenvalue weighted by molar-refractivity contribution is 7.89. The summed E-state index contributed by atoms with van der Waals surface area (Å²) in [6.45, 7) is 3.22. The highest BCUT2D eigenvalue weighted by atomic mass is 35.5. The smallest absolute Gasteiger partial charge is 0.246 e. The number of amides is 1. The van der Waals surface area contributed by atoms with Crippen molar-refractivity contribution in [2.75, 3.05) is 26.2 Å². The van der Waals surface area contributed by atoms with Crippen LogP contribution in [0.2, 0.25) is 5.02 Å². The molecule has 0 spiro atoms. The van der Waals surface area contributed by atoms with Crippen molar-refractivity contribution in [3.05, 3.63) is 70.8 Å². The zero-order valence-electron chi connectivity index (χ0n) is 15.0. The Morgan fingerprint density at radius 1 is 1.04 bits per heavy atom. The van der Waals surface area contributed by atoms with E-state index < -0.39 is 10.0 Å². The van der Waals surface area contributed by atoms with E-state index >= 15 is 0 Å². The van der Waals surface area contributed by atoms with Gasteiger partial charge in [-0.1, -0.05) is 41.9 Å². The predicted octanol–water partition coefficient (Wildman–Crippen LogP) is 3.19. The Morgan fingerprint density at radius 2 is 1.70 bits per heavy atom. The maximum absolute atomic E-state index is 12.6. The van der Waals surface area contributed by atoms with E-state index in [-0.39, 0.29) is 23.9 Å². The van der Waals surface area contributed by atoms with Crippen molar-refractivity contribution < 1.29 is 13.2 Å². The van der Waals surface area contributed by atoms with Crippen LogP contribution in [-0.4, -0.2) is 49.7 Å². The molecule has 0 bridgehead atoms. The first-order valence-electron chi connectivity index (χ1n) is 8.66. The van der Waals surface area contributed by atoms with Gasteiger partial charge in [0.25, 0.3) is 0 Å². The quantitative estimate of drug-likeness (QED) is 0.735. The van der Waals surface area contributed by atoms with Crippen molar-refractivity contribution >= 4 is 33.6 Å². The summed E-state index contributed by atoms with van der Waals surface area (Å²) < 4.78 is 26.7. The third-order valence-electron chi connectivity index (χ3n) is 4.55. The zero-order valence-corrected chi connectivity index (χ0v) is 16.6. The van der Waals surface area contributed by atoms with Crippen LogP contribution in [0, 0.1) is 6.92 Å². The Labute approximate surface area is 164 Å². The lowest BCUT2D eigenvalue weighted by Gasteiger charge is -2.33. The number of hydrogen-bond donors (Lipinski definition) is 0. The highest BCUT2D eigenvalue weighted by Crippen LogP contribution is 2.19. The lowest BCUT2D eigenvalue weighted by molar-refractivity contribution is -0.127. The Bertz CT molecular complexity index is 950. The lowest BCUT2D eigenvalue weighted by atomic mass is 10.1. The average molecular weight is 405 g/mol. The largest absolute Gasteiger partial charge is 0.337 e. The normalized spacial score (nSPS) is 16.0. The van der Waals surface area contributed by atoms with E-state index in [2.05, 4.69) is 0 Å². The second-order valence-corrected chi connectivity index (χ2v) is 8.73. The number of carbonyl (C=O) groups is 1. The molecule has 1 heterocycles. The zero-order chi connectivity index (χ0) is 19.4. The van der Waals surface area contributed by atoms with Crippen molar-refractivity contribution in [3.8, 4) is 0 Å². The number of rotatable bonds is 4. The molecule has 1 fully saturated rings. The van der Waals surface area contributed by atoms with Gasteiger partial charge < -0.3 is 4.90 Å². The van der Waals surface area contributed by atoms with Gasteiger partial charge in [-0.25, -0.2) is 8.42 Å². The average Bonchev–Trinajstić information content (AvgIpc) is 2.69. The molecule has 0 saturated carbocycles. The maximum atomic E-state index is 12.6. The minimum Gasteiger partial charge on any atom is -0.337 e. The predicted molar refractivity (Wildman–Crippen MR) is 107 cm³/mol. The van der Waals surface area contributed by atoms with Crippen LogP contribution in [0.3, 0.4) is 0 Å². The molecule has 3 rings (SSSR count). The fraction of sp³-hybridized carbons (Fsp3) is 0.250. The van der Waals surface area contributed by atoms with Crippen LogP contribution in [0.15, 0.2) is 59.5 Å². The van der Waals surface area contributed by atoms with Gasteiger partial charge in [-0.2, -0.15) is 4.31 Å². The molecule has 0 atom stereocenters. The molecule has 0 aliphatic carbocycles. The number of aryl methyl sites for hydroxylation is 1. The number of sulfonamides is 1. The summed E-state index contributed by atoms with van der Waals surface area (Å²) in [5.74, 6) is -0.136. The topological polar surface area (TPSA) is 57.7 Å². The Kier molecular flexibility index (Phi) is 5.99. The molecule has 0 aromatic heterocycles. The second kappa shape index (κ2) is 8.25. The first-order chi connectivity index (χ1) is 12.9. The summed E-state index contributed by atoms with van der Waals surface area (Å²) in [7, 11) is -3.51. The van der Waals surface area contributed by atoms with Crippen LogP contribution in [-0.2, 0) is 14.8 Å². The Balaban J connectivity index is 1.61. The van der Waals surface area contributed by atoms with Crippen molar-refractivity contribution in [1.82, 2.24) is 9.21 Å². The third-order valence-corrected chi connectivity index (χ3v) is 6.87. The molecule has 1 saturated heterocycles. The molecule has 0 N–H and O–H groups in total. The number of piperazine rings is 1. The summed E-state index contributed by atoms with van der Waals surface area (Å²) in [6.07, 6.45) is 3.23. The molecule has 0 unspecified atom stereocenters. The molecule has 27 heavy (non-hydrogen) atoms. The molecule has 0 radical (unpaired) electrons. The van der Waals surface area contributed by atoms with Gasteiger partial charge in [0.2, 0.25) is 15.9 Å². The molecule has 2 aromatic rings. The third kappa shape index (κ3) is 4.58. The molecule has 142 valence electrons. The minimum absolute atomic E-state index is 0.136. The lowest BCUT2D eigenvalue weighted by Crippen LogP contribution is -2.50. The van der Waals surface area contributed by atoms with Gasteiger partial charge in [0, 0.05) is 37.3 Å². The highest BCUT2D eigenvalue weighted by Gasteiger charge is 2.29. The first kappa shape index (κ1) is 19.6. The summed E-state index contributed by atoms with van der Waals surface area (Å²) in [6, 6.07) is 14.0. The van der Waals surface area contributed by atoms with E-state index in [0.717, 1.165) is 11.1 Å². The summed E-state index contributed by atoms with van der Waals surface area (Å²) in [5.41, 5.74) is 1.83. The molecule has 1 amide bonds. The molecule has 5 nitrogen and oxygen atoms in total. The molecular formula is C20H21ClN2O3S. The standard InChI is InChI=1S/C20H21ClN2O3S/c1-16-7-8-17(15-19(16)21)9-10-20(24)22-11-13-23(14-12-22)27(25,26)18-5-3-2-4-6-18/h2-10,15H,11-14H2,1H3/b10-9+. The molecule has 2 aromatic carbocycles. The van der Waals surface area contributed by atoms with Crippen LogP contribution in [0.4, 0.5) is 0 Å². The van der Waals surface area contributed by atoms with Gasteiger partial charge >= 0.3 is 0 Å². The van der Waals surface area contributed by atoms with E-state index in [1.165, 1.54) is 10.4 Å². The van der Waals surface area contributed by atoms with Crippen LogP contribution >= 0.6 is 11.6 Å². The van der Waals surface area contributed by atoms with Crippen molar-refractivity contribution in [1.29, 1.82) is 0 Å². The number of carbonyl (C=O) groups excluding carboxylic acids is 1. The van der Waals surface area contributed by atoms with Gasteiger partial charge in [-0.15, -0.1) is 0 Å². The van der Waals surface area contributed by atoms with Gasteiger partial charge in [-0.05, 0) is 42.3 Å². The molecule has 1 aliphatic rings. The van der Waals surface area contributed by atoms with Crippen molar-refractivity contribution in [2.24, 2.45) is 0 Å². The van der Waals surface area contributed by atoms with Crippen LogP contribution in [0.5, 0.6) is 0 Å². The first-order valence-corrected chi connectivity index (χ1v) is 10.5. The molecule has 1 aliphatic heterocycles. The summed E-state index contributed by atoms with van der Waals surface area (Å²) in [5, 5.41) is 0.657. The van der Waals surface area contributed by atoms with E-state index in [1.807, 2.05) is 25.1 Å². The Hall–Kier alpha value is -2.15. The van der Waals surface area contributed by atoms with E-state index in [0.29, 0.717) is 18.1 Å². The van der Waals surface area contributed by atoms with Crippen LogP contribution in [0.1, 0.15) is 11.1 Å². The van der Waals surface area contributed by atoms with Crippen LogP contribution < -0.4 is 0 Å². The van der Waals surface area contributed by atoms with Crippen molar-refractivity contribution in [3.63, 3.8) is 0 Å². The number of benzene rings is 2. The fourth-order valence-corrected chi connectivity index (χ4v) is 4.51.